The highest BCUT2D eigenvalue weighted by Crippen LogP contribution is 2.44. The maximum Gasteiger partial charge on any atom is 0.407 e. The molecular formula is C22H23NO3. The summed E-state index contributed by atoms with van der Waals surface area (Å²) in [4.78, 5) is 12.2. The average molecular weight is 349 g/mol. The Morgan fingerprint density at radius 3 is 2.35 bits per heavy atom. The van der Waals surface area contributed by atoms with Gasteiger partial charge in [0.2, 0.25) is 0 Å². The lowest BCUT2D eigenvalue weighted by molar-refractivity contribution is 0.134. The van der Waals surface area contributed by atoms with Crippen LogP contribution in [0, 0.1) is 12.3 Å². The zero-order chi connectivity index (χ0) is 18.4. The molecule has 1 unspecified atom stereocenters. The van der Waals surface area contributed by atoms with Crippen LogP contribution in [0.3, 0.4) is 0 Å². The number of alkyl carbamates (subject to hydrolysis) is 1. The van der Waals surface area contributed by atoms with Crippen LogP contribution in [-0.4, -0.2) is 32.5 Å². The molecule has 4 nitrogen and oxygen atoms in total. The van der Waals surface area contributed by atoms with Crippen LogP contribution in [0.25, 0.3) is 11.1 Å². The van der Waals surface area contributed by atoms with E-state index in [-0.39, 0.29) is 12.0 Å². The van der Waals surface area contributed by atoms with Crippen molar-refractivity contribution in [1.29, 1.82) is 0 Å². The van der Waals surface area contributed by atoms with Crippen molar-refractivity contribution in [3.05, 3.63) is 59.7 Å². The highest BCUT2D eigenvalue weighted by molar-refractivity contribution is 5.79. The number of benzene rings is 2. The average Bonchev–Trinajstić information content (AvgIpc) is 2.98. The third kappa shape index (κ3) is 3.89. The van der Waals surface area contributed by atoms with Crippen molar-refractivity contribution < 1.29 is 14.3 Å². The number of fused-ring (bicyclic) bond motifs is 3. The summed E-state index contributed by atoms with van der Waals surface area (Å²) in [6.07, 6.45) is 6.04. The Labute approximate surface area is 154 Å². The first-order chi connectivity index (χ1) is 12.7. The van der Waals surface area contributed by atoms with Crippen LogP contribution in [0.4, 0.5) is 4.79 Å². The lowest BCUT2D eigenvalue weighted by Gasteiger charge is -2.18. The molecule has 1 amide bonds. The fourth-order valence-corrected chi connectivity index (χ4v) is 3.43. The summed E-state index contributed by atoms with van der Waals surface area (Å²) in [5.74, 6) is 2.63. The van der Waals surface area contributed by atoms with Gasteiger partial charge in [0.1, 0.15) is 6.61 Å². The van der Waals surface area contributed by atoms with Crippen molar-refractivity contribution in [1.82, 2.24) is 5.32 Å². The molecule has 0 aliphatic heterocycles. The fourth-order valence-electron chi connectivity index (χ4n) is 3.43. The Bertz CT molecular complexity index is 764. The molecule has 0 heterocycles. The Balaban J connectivity index is 1.66. The number of methoxy groups -OCH3 is 1. The van der Waals surface area contributed by atoms with Crippen LogP contribution >= 0.6 is 0 Å². The fraction of sp³-hybridized carbons (Fsp3) is 0.318. The molecule has 0 saturated carbocycles. The van der Waals surface area contributed by atoms with Crippen LogP contribution in [0.15, 0.2) is 48.5 Å². The number of hydrogen-bond donors (Lipinski definition) is 1. The van der Waals surface area contributed by atoms with Gasteiger partial charge in [0.05, 0.1) is 0 Å². The molecule has 0 saturated heterocycles. The first-order valence-corrected chi connectivity index (χ1v) is 8.78. The van der Waals surface area contributed by atoms with Crippen LogP contribution in [0.1, 0.15) is 29.9 Å². The van der Waals surface area contributed by atoms with E-state index in [1.807, 2.05) is 24.3 Å². The van der Waals surface area contributed by atoms with Gasteiger partial charge in [0.25, 0.3) is 0 Å². The zero-order valence-electron chi connectivity index (χ0n) is 14.9. The summed E-state index contributed by atoms with van der Waals surface area (Å²) in [6.45, 7) is 0.836. The van der Waals surface area contributed by atoms with Gasteiger partial charge in [-0.2, -0.15) is 0 Å². The van der Waals surface area contributed by atoms with Gasteiger partial charge in [0, 0.05) is 32.1 Å². The number of rotatable bonds is 7. The van der Waals surface area contributed by atoms with Crippen molar-refractivity contribution in [2.45, 2.75) is 24.8 Å². The zero-order valence-corrected chi connectivity index (χ0v) is 14.9. The number of carbonyl (C=O) groups excluding carboxylic acids is 1. The number of hydrogen-bond acceptors (Lipinski definition) is 3. The quantitative estimate of drug-likeness (QED) is 0.770. The van der Waals surface area contributed by atoms with E-state index in [1.165, 1.54) is 22.3 Å². The lowest BCUT2D eigenvalue weighted by Crippen LogP contribution is -2.36. The Morgan fingerprint density at radius 2 is 1.77 bits per heavy atom. The third-order valence-electron chi connectivity index (χ3n) is 4.70. The molecule has 134 valence electrons. The van der Waals surface area contributed by atoms with Gasteiger partial charge in [-0.3, -0.25) is 0 Å². The van der Waals surface area contributed by atoms with Crippen molar-refractivity contribution in [3.63, 3.8) is 0 Å². The highest BCUT2D eigenvalue weighted by Gasteiger charge is 2.29. The molecule has 3 rings (SSSR count). The molecule has 0 radical (unpaired) electrons. The minimum Gasteiger partial charge on any atom is -0.449 e. The van der Waals surface area contributed by atoms with Crippen molar-refractivity contribution in [3.8, 4) is 23.5 Å². The monoisotopic (exact) mass is 349 g/mol. The molecule has 0 bridgehead atoms. The first kappa shape index (κ1) is 18.0. The number of ether oxygens (including phenoxy) is 2. The maximum absolute atomic E-state index is 12.2. The molecule has 4 heteroatoms. The van der Waals surface area contributed by atoms with E-state index in [0.29, 0.717) is 26.1 Å². The maximum atomic E-state index is 12.2. The second-order valence-electron chi connectivity index (χ2n) is 6.36. The van der Waals surface area contributed by atoms with Crippen molar-refractivity contribution >= 4 is 6.09 Å². The summed E-state index contributed by atoms with van der Waals surface area (Å²) in [5.41, 5.74) is 4.81. The van der Waals surface area contributed by atoms with E-state index in [4.69, 9.17) is 15.9 Å². The minimum atomic E-state index is -0.441. The SMILES string of the molecule is C#CCC(CCOC)NC(=O)OCC1c2ccccc2-c2ccccc21. The molecule has 1 atom stereocenters. The first-order valence-electron chi connectivity index (χ1n) is 8.78. The lowest BCUT2D eigenvalue weighted by atomic mass is 9.98. The van der Waals surface area contributed by atoms with Crippen molar-refractivity contribution in [2.24, 2.45) is 0 Å². The largest absolute Gasteiger partial charge is 0.449 e. The van der Waals surface area contributed by atoms with E-state index in [2.05, 4.69) is 35.5 Å². The number of nitrogens with one attached hydrogen (secondary N) is 1. The van der Waals surface area contributed by atoms with Gasteiger partial charge < -0.3 is 14.8 Å². The molecule has 0 aromatic heterocycles. The molecule has 1 aliphatic rings. The van der Waals surface area contributed by atoms with E-state index in [1.54, 1.807) is 7.11 Å². The second-order valence-corrected chi connectivity index (χ2v) is 6.36. The van der Waals surface area contributed by atoms with Gasteiger partial charge >= 0.3 is 6.09 Å². The van der Waals surface area contributed by atoms with E-state index < -0.39 is 6.09 Å². The summed E-state index contributed by atoms with van der Waals surface area (Å²) in [5, 5.41) is 2.84. The van der Waals surface area contributed by atoms with E-state index >= 15 is 0 Å². The van der Waals surface area contributed by atoms with E-state index in [0.717, 1.165) is 0 Å². The topological polar surface area (TPSA) is 47.6 Å². The van der Waals surface area contributed by atoms with Gasteiger partial charge in [-0.25, -0.2) is 4.79 Å². The van der Waals surface area contributed by atoms with Crippen LogP contribution < -0.4 is 5.32 Å². The molecule has 0 spiro atoms. The predicted octanol–water partition coefficient (Wildman–Crippen LogP) is 3.95. The molecular weight excluding hydrogens is 326 g/mol. The normalized spacial score (nSPS) is 13.4. The summed E-state index contributed by atoms with van der Waals surface area (Å²) >= 11 is 0. The van der Waals surface area contributed by atoms with Crippen LogP contribution in [0.5, 0.6) is 0 Å². The minimum absolute atomic E-state index is 0.0539. The highest BCUT2D eigenvalue weighted by atomic mass is 16.5. The summed E-state index contributed by atoms with van der Waals surface area (Å²) in [7, 11) is 1.63. The number of terminal acetylenes is 1. The second kappa shape index (κ2) is 8.55. The molecule has 1 N–H and O–H groups in total. The van der Waals surface area contributed by atoms with E-state index in [9.17, 15) is 4.79 Å². The number of carbonyl (C=O) groups is 1. The summed E-state index contributed by atoms with van der Waals surface area (Å²) < 4.78 is 10.6. The molecule has 0 fully saturated rings. The Morgan fingerprint density at radius 1 is 1.15 bits per heavy atom. The molecule has 2 aromatic carbocycles. The van der Waals surface area contributed by atoms with Crippen LogP contribution in [-0.2, 0) is 9.47 Å². The molecule has 26 heavy (non-hydrogen) atoms. The third-order valence-corrected chi connectivity index (χ3v) is 4.70. The Hall–Kier alpha value is -2.77. The van der Waals surface area contributed by atoms with Crippen LogP contribution in [0.2, 0.25) is 0 Å². The van der Waals surface area contributed by atoms with Gasteiger partial charge in [0.15, 0.2) is 0 Å². The Kier molecular flexibility index (Phi) is 5.93. The van der Waals surface area contributed by atoms with Gasteiger partial charge in [-0.1, -0.05) is 48.5 Å². The number of amides is 1. The van der Waals surface area contributed by atoms with Gasteiger partial charge in [-0.15, -0.1) is 12.3 Å². The summed E-state index contributed by atoms with van der Waals surface area (Å²) in [6, 6.07) is 16.4. The molecule has 2 aromatic rings. The van der Waals surface area contributed by atoms with Gasteiger partial charge in [-0.05, 0) is 28.7 Å². The standard InChI is InChI=1S/C22H23NO3/c1-3-8-16(13-14-25-2)23-22(24)26-15-21-19-11-6-4-9-17(19)18-10-5-7-12-20(18)21/h1,4-7,9-12,16,21H,8,13-15H2,2H3,(H,23,24). The van der Waals surface area contributed by atoms with Crippen molar-refractivity contribution in [2.75, 3.05) is 20.3 Å². The molecule has 1 aliphatic carbocycles. The predicted molar refractivity (Wildman–Crippen MR) is 102 cm³/mol. The smallest absolute Gasteiger partial charge is 0.407 e.